The number of hydrogen-bond donors (Lipinski definition) is 3. The summed E-state index contributed by atoms with van der Waals surface area (Å²) in [5.41, 5.74) is 0.667. The number of rotatable bonds is 5. The lowest BCUT2D eigenvalue weighted by atomic mass is 10.2. The van der Waals surface area contributed by atoms with Crippen molar-refractivity contribution in [2.75, 3.05) is 13.2 Å². The fraction of sp³-hybridized carbons (Fsp3) is 0.250. The number of nitrogens with one attached hydrogen (secondary N) is 2. The van der Waals surface area contributed by atoms with Crippen molar-refractivity contribution in [3.8, 4) is 0 Å². The van der Waals surface area contributed by atoms with Crippen LogP contribution in [0.1, 0.15) is 12.0 Å². The summed E-state index contributed by atoms with van der Waals surface area (Å²) in [6.07, 6.45) is 3.54. The maximum absolute atomic E-state index is 12.8. The van der Waals surface area contributed by atoms with Crippen LogP contribution >= 0.6 is 0 Å². The number of amides is 2. The van der Waals surface area contributed by atoms with Crippen LogP contribution in [0.4, 0.5) is 9.18 Å². The molecule has 4 nitrogen and oxygen atoms in total. The highest BCUT2D eigenvalue weighted by molar-refractivity contribution is 5.75. The Labute approximate surface area is 99.2 Å². The van der Waals surface area contributed by atoms with Crippen LogP contribution in [-0.2, 0) is 0 Å². The largest absolute Gasteiger partial charge is 0.396 e. The number of aliphatic hydroxyl groups is 1. The van der Waals surface area contributed by atoms with Crippen LogP contribution in [0, 0.1) is 5.82 Å². The van der Waals surface area contributed by atoms with Crippen LogP contribution in [0.2, 0.25) is 0 Å². The number of urea groups is 1. The summed E-state index contributed by atoms with van der Waals surface area (Å²) < 4.78 is 12.8. The van der Waals surface area contributed by atoms with Gasteiger partial charge >= 0.3 is 6.03 Å². The predicted octanol–water partition coefficient (Wildman–Crippen LogP) is 1.48. The van der Waals surface area contributed by atoms with Gasteiger partial charge in [-0.15, -0.1) is 0 Å². The van der Waals surface area contributed by atoms with Gasteiger partial charge in [0.15, 0.2) is 0 Å². The van der Waals surface area contributed by atoms with Crippen LogP contribution in [-0.4, -0.2) is 24.3 Å². The number of halogens is 1. The minimum atomic E-state index is -0.355. The maximum Gasteiger partial charge on any atom is 0.318 e. The average Bonchev–Trinajstić information content (AvgIpc) is 2.29. The van der Waals surface area contributed by atoms with Crippen LogP contribution in [0.15, 0.2) is 30.5 Å². The second-order valence-electron chi connectivity index (χ2n) is 3.37. The molecule has 0 aliphatic carbocycles. The van der Waals surface area contributed by atoms with E-state index in [9.17, 15) is 9.18 Å². The molecule has 1 rings (SSSR count). The van der Waals surface area contributed by atoms with Gasteiger partial charge in [0.2, 0.25) is 0 Å². The van der Waals surface area contributed by atoms with Crippen molar-refractivity contribution < 1.29 is 14.3 Å². The smallest absolute Gasteiger partial charge is 0.318 e. The van der Waals surface area contributed by atoms with Crippen molar-refractivity contribution in [2.45, 2.75) is 6.42 Å². The Morgan fingerprint density at radius 2 is 2.29 bits per heavy atom. The van der Waals surface area contributed by atoms with Crippen LogP contribution in [0.5, 0.6) is 0 Å². The van der Waals surface area contributed by atoms with E-state index in [2.05, 4.69) is 10.6 Å². The number of aliphatic hydroxyl groups excluding tert-OH is 1. The highest BCUT2D eigenvalue weighted by Crippen LogP contribution is 2.04. The van der Waals surface area contributed by atoms with E-state index in [-0.39, 0.29) is 18.5 Å². The summed E-state index contributed by atoms with van der Waals surface area (Å²) in [5, 5.41) is 13.5. The fourth-order valence-corrected chi connectivity index (χ4v) is 1.16. The van der Waals surface area contributed by atoms with Gasteiger partial charge in [0.05, 0.1) is 0 Å². The number of carbonyl (C=O) groups is 1. The van der Waals surface area contributed by atoms with E-state index in [1.807, 2.05) is 0 Å². The lowest BCUT2D eigenvalue weighted by Gasteiger charge is -2.02. The topological polar surface area (TPSA) is 61.4 Å². The fourth-order valence-electron chi connectivity index (χ4n) is 1.16. The van der Waals surface area contributed by atoms with Crippen molar-refractivity contribution in [2.24, 2.45) is 0 Å². The Bertz CT molecular complexity index is 394. The molecule has 1 aromatic rings. The molecule has 0 saturated heterocycles. The van der Waals surface area contributed by atoms with Gasteiger partial charge in [-0.25, -0.2) is 9.18 Å². The van der Waals surface area contributed by atoms with Crippen LogP contribution < -0.4 is 10.6 Å². The summed E-state index contributed by atoms with van der Waals surface area (Å²) >= 11 is 0. The van der Waals surface area contributed by atoms with Gasteiger partial charge in [-0.2, -0.15) is 0 Å². The molecule has 0 aliphatic rings. The first-order chi connectivity index (χ1) is 8.22. The van der Waals surface area contributed by atoms with Gasteiger partial charge in [-0.05, 0) is 30.2 Å². The van der Waals surface area contributed by atoms with Gasteiger partial charge in [0.25, 0.3) is 0 Å². The van der Waals surface area contributed by atoms with E-state index < -0.39 is 0 Å². The quantitative estimate of drug-likeness (QED) is 0.680. The summed E-state index contributed by atoms with van der Waals surface area (Å²) in [5.74, 6) is -0.320. The van der Waals surface area contributed by atoms with Crippen molar-refractivity contribution >= 4 is 12.1 Å². The van der Waals surface area contributed by atoms with E-state index >= 15 is 0 Å². The molecule has 0 aromatic heterocycles. The summed E-state index contributed by atoms with van der Waals surface area (Å²) in [4.78, 5) is 11.1. The lowest BCUT2D eigenvalue weighted by molar-refractivity contribution is 0.241. The molecule has 92 valence electrons. The summed E-state index contributed by atoms with van der Waals surface area (Å²) in [7, 11) is 0. The van der Waals surface area contributed by atoms with Gasteiger partial charge < -0.3 is 15.7 Å². The summed E-state index contributed by atoms with van der Waals surface area (Å²) in [6.45, 7) is 0.454. The monoisotopic (exact) mass is 238 g/mol. The molecule has 0 spiro atoms. The highest BCUT2D eigenvalue weighted by atomic mass is 19.1. The molecule has 0 fully saturated rings. The molecule has 17 heavy (non-hydrogen) atoms. The lowest BCUT2D eigenvalue weighted by Crippen LogP contribution is -2.33. The molecule has 0 bridgehead atoms. The maximum atomic E-state index is 12.8. The second-order valence-corrected chi connectivity index (χ2v) is 3.37. The van der Waals surface area contributed by atoms with E-state index in [0.29, 0.717) is 18.5 Å². The molecule has 0 heterocycles. The Balaban J connectivity index is 2.32. The first-order valence-electron chi connectivity index (χ1n) is 5.29. The van der Waals surface area contributed by atoms with Crippen LogP contribution in [0.25, 0.3) is 6.08 Å². The normalized spacial score (nSPS) is 10.5. The summed E-state index contributed by atoms with van der Waals surface area (Å²) in [6, 6.07) is 5.68. The van der Waals surface area contributed by atoms with Crippen molar-refractivity contribution in [1.82, 2.24) is 10.6 Å². The van der Waals surface area contributed by atoms with Gasteiger partial charge in [0.1, 0.15) is 5.82 Å². The Hall–Kier alpha value is -1.88. The molecule has 0 atom stereocenters. The molecule has 5 heteroatoms. The minimum Gasteiger partial charge on any atom is -0.396 e. The standard InChI is InChI=1S/C12H15FN2O2/c13-11-4-1-3-10(9-11)5-7-15-12(17)14-6-2-8-16/h1,3-5,7,9,16H,2,6,8H2,(H2,14,15,17)/b7-5+. The van der Waals surface area contributed by atoms with E-state index in [4.69, 9.17) is 5.11 Å². The predicted molar refractivity (Wildman–Crippen MR) is 63.7 cm³/mol. The average molecular weight is 238 g/mol. The second kappa shape index (κ2) is 7.40. The van der Waals surface area contributed by atoms with Gasteiger partial charge in [-0.3, -0.25) is 0 Å². The number of hydrogen-bond acceptors (Lipinski definition) is 2. The van der Waals surface area contributed by atoms with Crippen LogP contribution in [0.3, 0.4) is 0 Å². The molecule has 0 unspecified atom stereocenters. The third-order valence-electron chi connectivity index (χ3n) is 1.96. The van der Waals surface area contributed by atoms with Crippen molar-refractivity contribution in [3.05, 3.63) is 41.8 Å². The first-order valence-corrected chi connectivity index (χ1v) is 5.29. The van der Waals surface area contributed by atoms with E-state index in [0.717, 1.165) is 0 Å². The minimum absolute atomic E-state index is 0.0411. The molecule has 0 radical (unpaired) electrons. The molecular formula is C12H15FN2O2. The zero-order valence-corrected chi connectivity index (χ0v) is 9.32. The Kier molecular flexibility index (Phi) is 5.74. The number of benzene rings is 1. The SMILES string of the molecule is O=C(N/C=C/c1cccc(F)c1)NCCCO. The third-order valence-corrected chi connectivity index (χ3v) is 1.96. The molecule has 2 amide bonds. The molecule has 3 N–H and O–H groups in total. The molecule has 0 aliphatic heterocycles. The van der Waals surface area contributed by atoms with E-state index in [1.165, 1.54) is 18.3 Å². The van der Waals surface area contributed by atoms with E-state index in [1.54, 1.807) is 18.2 Å². The van der Waals surface area contributed by atoms with Gasteiger partial charge in [-0.1, -0.05) is 12.1 Å². The van der Waals surface area contributed by atoms with Crippen molar-refractivity contribution in [1.29, 1.82) is 0 Å². The molecule has 1 aromatic carbocycles. The molecular weight excluding hydrogens is 223 g/mol. The highest BCUT2D eigenvalue weighted by Gasteiger charge is 1.95. The first kappa shape index (κ1) is 13.2. The van der Waals surface area contributed by atoms with Crippen molar-refractivity contribution in [3.63, 3.8) is 0 Å². The third kappa shape index (κ3) is 5.67. The van der Waals surface area contributed by atoms with Gasteiger partial charge in [0, 0.05) is 19.4 Å². The number of carbonyl (C=O) groups excluding carboxylic acids is 1. The zero-order chi connectivity index (χ0) is 12.5. The molecule has 0 saturated carbocycles. The Morgan fingerprint density at radius 1 is 1.47 bits per heavy atom. The zero-order valence-electron chi connectivity index (χ0n) is 9.32. The Morgan fingerprint density at radius 3 is 3.00 bits per heavy atom.